The molecule has 1 amide bonds. The Hall–Kier alpha value is -2.07. The molecule has 3 rings (SSSR count). The SMILES string of the molecule is C[C@H](Oc1ccccc1Cl)C(=O)N1CCC[C@@H]1c1ccccn1. The summed E-state index contributed by atoms with van der Waals surface area (Å²) >= 11 is 6.10. The molecule has 0 aliphatic carbocycles. The van der Waals surface area contributed by atoms with Crippen molar-refractivity contribution in [2.24, 2.45) is 0 Å². The summed E-state index contributed by atoms with van der Waals surface area (Å²) in [6, 6.07) is 13.0. The molecule has 0 saturated carbocycles. The smallest absolute Gasteiger partial charge is 0.263 e. The number of rotatable bonds is 4. The molecule has 1 aliphatic rings. The van der Waals surface area contributed by atoms with Crippen molar-refractivity contribution < 1.29 is 9.53 Å². The first-order chi connectivity index (χ1) is 11.2. The van der Waals surface area contributed by atoms with E-state index >= 15 is 0 Å². The molecule has 2 atom stereocenters. The molecule has 1 saturated heterocycles. The van der Waals surface area contributed by atoms with E-state index in [0.717, 1.165) is 25.1 Å². The second kappa shape index (κ2) is 7.01. The van der Waals surface area contributed by atoms with E-state index in [1.54, 1.807) is 25.3 Å². The van der Waals surface area contributed by atoms with Crippen molar-refractivity contribution in [3.8, 4) is 5.75 Å². The van der Waals surface area contributed by atoms with Gasteiger partial charge in [-0.3, -0.25) is 9.78 Å². The van der Waals surface area contributed by atoms with Gasteiger partial charge in [-0.2, -0.15) is 0 Å². The number of hydrogen-bond acceptors (Lipinski definition) is 3. The number of halogens is 1. The Balaban J connectivity index is 1.73. The fourth-order valence-electron chi connectivity index (χ4n) is 2.93. The summed E-state index contributed by atoms with van der Waals surface area (Å²) in [7, 11) is 0. The Bertz CT molecular complexity index is 678. The van der Waals surface area contributed by atoms with Gasteiger partial charge in [0.2, 0.25) is 0 Å². The van der Waals surface area contributed by atoms with E-state index in [0.29, 0.717) is 10.8 Å². The van der Waals surface area contributed by atoms with Crippen molar-refractivity contribution in [1.29, 1.82) is 0 Å². The lowest BCUT2D eigenvalue weighted by atomic mass is 10.1. The third kappa shape index (κ3) is 3.48. The number of para-hydroxylation sites is 1. The van der Waals surface area contributed by atoms with Gasteiger partial charge in [-0.1, -0.05) is 29.8 Å². The third-order valence-electron chi connectivity index (χ3n) is 4.05. The number of hydrogen-bond donors (Lipinski definition) is 0. The van der Waals surface area contributed by atoms with Gasteiger partial charge in [0.15, 0.2) is 6.10 Å². The van der Waals surface area contributed by atoms with E-state index in [1.807, 2.05) is 35.2 Å². The molecule has 1 aliphatic heterocycles. The average molecular weight is 331 g/mol. The molecule has 5 heteroatoms. The van der Waals surface area contributed by atoms with Gasteiger partial charge in [-0.05, 0) is 44.0 Å². The third-order valence-corrected chi connectivity index (χ3v) is 4.37. The molecule has 4 nitrogen and oxygen atoms in total. The maximum absolute atomic E-state index is 12.8. The van der Waals surface area contributed by atoms with Gasteiger partial charge in [0.25, 0.3) is 5.91 Å². The summed E-state index contributed by atoms with van der Waals surface area (Å²) in [5.41, 5.74) is 0.934. The van der Waals surface area contributed by atoms with Crippen molar-refractivity contribution in [2.75, 3.05) is 6.54 Å². The Labute approximate surface area is 141 Å². The predicted octanol–water partition coefficient (Wildman–Crippen LogP) is 3.87. The number of nitrogens with zero attached hydrogens (tertiary/aromatic N) is 2. The highest BCUT2D eigenvalue weighted by molar-refractivity contribution is 6.32. The molecule has 23 heavy (non-hydrogen) atoms. The highest BCUT2D eigenvalue weighted by Gasteiger charge is 2.34. The first kappa shape index (κ1) is 15.8. The van der Waals surface area contributed by atoms with Crippen LogP contribution >= 0.6 is 11.6 Å². The maximum Gasteiger partial charge on any atom is 0.263 e. The zero-order valence-corrected chi connectivity index (χ0v) is 13.7. The summed E-state index contributed by atoms with van der Waals surface area (Å²) in [6.07, 6.45) is 3.09. The van der Waals surface area contributed by atoms with Crippen molar-refractivity contribution in [3.05, 3.63) is 59.4 Å². The van der Waals surface area contributed by atoms with Crippen LogP contribution in [0.2, 0.25) is 5.02 Å². The van der Waals surface area contributed by atoms with Crippen molar-refractivity contribution in [3.63, 3.8) is 0 Å². The molecular formula is C18H19ClN2O2. The van der Waals surface area contributed by atoms with E-state index < -0.39 is 6.10 Å². The standard InChI is InChI=1S/C18H19ClN2O2/c1-13(23-17-10-3-2-7-14(17)19)18(22)21-12-6-9-16(21)15-8-4-5-11-20-15/h2-5,7-8,10-11,13,16H,6,9,12H2,1H3/t13-,16+/m0/s1. The molecule has 1 aromatic carbocycles. The van der Waals surface area contributed by atoms with Gasteiger partial charge in [0.05, 0.1) is 16.8 Å². The van der Waals surface area contributed by atoms with E-state index in [-0.39, 0.29) is 11.9 Å². The number of ether oxygens (including phenoxy) is 1. The largest absolute Gasteiger partial charge is 0.479 e. The Morgan fingerprint density at radius 2 is 2.09 bits per heavy atom. The first-order valence-electron chi connectivity index (χ1n) is 7.79. The van der Waals surface area contributed by atoms with E-state index in [9.17, 15) is 4.79 Å². The van der Waals surface area contributed by atoms with Crippen LogP contribution in [0.25, 0.3) is 0 Å². The lowest BCUT2D eigenvalue weighted by Gasteiger charge is -2.27. The molecular weight excluding hydrogens is 312 g/mol. The maximum atomic E-state index is 12.8. The van der Waals surface area contributed by atoms with E-state index in [4.69, 9.17) is 16.3 Å². The molecule has 0 spiro atoms. The van der Waals surface area contributed by atoms with Crippen molar-refractivity contribution in [2.45, 2.75) is 31.9 Å². The monoisotopic (exact) mass is 330 g/mol. The van der Waals surface area contributed by atoms with Gasteiger partial charge in [-0.15, -0.1) is 0 Å². The van der Waals surface area contributed by atoms with Crippen LogP contribution in [0.5, 0.6) is 5.75 Å². The lowest BCUT2D eigenvalue weighted by molar-refractivity contribution is -0.139. The number of carbonyl (C=O) groups excluding carboxylic acids is 1. The van der Waals surface area contributed by atoms with Gasteiger partial charge < -0.3 is 9.64 Å². The Kier molecular flexibility index (Phi) is 4.82. The van der Waals surface area contributed by atoms with Crippen molar-refractivity contribution in [1.82, 2.24) is 9.88 Å². The lowest BCUT2D eigenvalue weighted by Crippen LogP contribution is -2.40. The van der Waals surface area contributed by atoms with Gasteiger partial charge >= 0.3 is 0 Å². The molecule has 0 bridgehead atoms. The van der Waals surface area contributed by atoms with Crippen LogP contribution in [0.3, 0.4) is 0 Å². The van der Waals surface area contributed by atoms with Crippen molar-refractivity contribution >= 4 is 17.5 Å². The van der Waals surface area contributed by atoms with Crippen LogP contribution in [0.4, 0.5) is 0 Å². The number of likely N-dealkylation sites (tertiary alicyclic amines) is 1. The van der Waals surface area contributed by atoms with Crippen LogP contribution in [-0.2, 0) is 4.79 Å². The number of carbonyl (C=O) groups is 1. The molecule has 0 radical (unpaired) electrons. The minimum absolute atomic E-state index is 0.0287. The molecule has 2 aromatic rings. The highest BCUT2D eigenvalue weighted by Crippen LogP contribution is 2.32. The second-order valence-corrected chi connectivity index (χ2v) is 6.04. The minimum Gasteiger partial charge on any atom is -0.479 e. The van der Waals surface area contributed by atoms with Gasteiger partial charge in [0, 0.05) is 12.7 Å². The van der Waals surface area contributed by atoms with E-state index in [1.165, 1.54) is 0 Å². The van der Waals surface area contributed by atoms with E-state index in [2.05, 4.69) is 4.98 Å². The van der Waals surface area contributed by atoms with Crippen LogP contribution in [0.15, 0.2) is 48.7 Å². The Morgan fingerprint density at radius 3 is 2.83 bits per heavy atom. The Morgan fingerprint density at radius 1 is 1.30 bits per heavy atom. The summed E-state index contributed by atoms with van der Waals surface area (Å²) in [5.74, 6) is 0.502. The molecule has 1 fully saturated rings. The molecule has 0 unspecified atom stereocenters. The van der Waals surface area contributed by atoms with Crippen LogP contribution < -0.4 is 4.74 Å². The minimum atomic E-state index is -0.584. The van der Waals surface area contributed by atoms with Gasteiger partial charge in [-0.25, -0.2) is 0 Å². The zero-order chi connectivity index (χ0) is 16.2. The quantitative estimate of drug-likeness (QED) is 0.854. The molecule has 1 aromatic heterocycles. The van der Waals surface area contributed by atoms with Gasteiger partial charge in [0.1, 0.15) is 5.75 Å². The number of aromatic nitrogens is 1. The zero-order valence-electron chi connectivity index (χ0n) is 13.0. The summed E-state index contributed by atoms with van der Waals surface area (Å²) in [6.45, 7) is 2.50. The number of amides is 1. The van der Waals surface area contributed by atoms with Crippen LogP contribution in [0.1, 0.15) is 31.5 Å². The first-order valence-corrected chi connectivity index (χ1v) is 8.17. The normalized spacial score (nSPS) is 18.7. The second-order valence-electron chi connectivity index (χ2n) is 5.63. The average Bonchev–Trinajstić information content (AvgIpc) is 3.06. The summed E-state index contributed by atoms with van der Waals surface area (Å²) in [4.78, 5) is 19.0. The predicted molar refractivity (Wildman–Crippen MR) is 89.5 cm³/mol. The van der Waals surface area contributed by atoms with Crippen LogP contribution in [-0.4, -0.2) is 28.4 Å². The highest BCUT2D eigenvalue weighted by atomic mass is 35.5. The topological polar surface area (TPSA) is 42.4 Å². The molecule has 0 N–H and O–H groups in total. The summed E-state index contributed by atoms with van der Waals surface area (Å²) in [5, 5.41) is 0.509. The number of benzene rings is 1. The van der Waals surface area contributed by atoms with Crippen LogP contribution in [0, 0.1) is 0 Å². The fourth-order valence-corrected chi connectivity index (χ4v) is 3.11. The molecule has 120 valence electrons. The fraction of sp³-hybridized carbons (Fsp3) is 0.333. The number of pyridine rings is 1. The summed E-state index contributed by atoms with van der Waals surface area (Å²) < 4.78 is 5.76. The molecule has 2 heterocycles.